The highest BCUT2D eigenvalue weighted by molar-refractivity contribution is 5.46. The zero-order valence-electron chi connectivity index (χ0n) is 10.9. The van der Waals surface area contributed by atoms with Gasteiger partial charge in [-0.1, -0.05) is 26.0 Å². The van der Waals surface area contributed by atoms with E-state index in [0.29, 0.717) is 17.0 Å². The number of ether oxygens (including phenoxy) is 1. The fourth-order valence-corrected chi connectivity index (χ4v) is 1.54. The molecular formula is C12H13F3N4O. The van der Waals surface area contributed by atoms with E-state index in [4.69, 9.17) is 4.74 Å². The van der Waals surface area contributed by atoms with Gasteiger partial charge in [-0.3, -0.25) is 0 Å². The van der Waals surface area contributed by atoms with Crippen LogP contribution in [-0.2, 0) is 6.18 Å². The SMILES string of the molecule is CC(C)COc1ccccc1-n1nnnc1C(F)(F)F. The van der Waals surface area contributed by atoms with Gasteiger partial charge in [0.2, 0.25) is 0 Å². The van der Waals surface area contributed by atoms with Gasteiger partial charge in [0.1, 0.15) is 11.4 Å². The summed E-state index contributed by atoms with van der Waals surface area (Å²) in [5.74, 6) is -0.629. The third-order valence-electron chi connectivity index (χ3n) is 2.39. The molecule has 8 heteroatoms. The Morgan fingerprint density at radius 1 is 1.25 bits per heavy atom. The molecule has 1 aromatic heterocycles. The van der Waals surface area contributed by atoms with Gasteiger partial charge in [0, 0.05) is 0 Å². The fraction of sp³-hybridized carbons (Fsp3) is 0.417. The molecular weight excluding hydrogens is 273 g/mol. The van der Waals surface area contributed by atoms with Gasteiger partial charge in [0.25, 0.3) is 5.82 Å². The van der Waals surface area contributed by atoms with Crippen molar-refractivity contribution >= 4 is 0 Å². The summed E-state index contributed by atoms with van der Waals surface area (Å²) in [5.41, 5.74) is 0.158. The molecule has 0 saturated heterocycles. The van der Waals surface area contributed by atoms with Gasteiger partial charge in [-0.05, 0) is 28.5 Å². The Morgan fingerprint density at radius 3 is 2.60 bits per heavy atom. The number of tetrazole rings is 1. The van der Waals surface area contributed by atoms with Crippen LogP contribution < -0.4 is 4.74 Å². The second-order valence-electron chi connectivity index (χ2n) is 4.58. The average molecular weight is 286 g/mol. The standard InChI is InChI=1S/C12H13F3N4O/c1-8(2)7-20-10-6-4-3-5-9(10)19-11(12(13,14)15)16-17-18-19/h3-6,8H,7H2,1-2H3. The molecule has 0 saturated carbocycles. The third kappa shape index (κ3) is 3.06. The van der Waals surface area contributed by atoms with Crippen molar-refractivity contribution in [1.82, 2.24) is 20.2 Å². The fourth-order valence-electron chi connectivity index (χ4n) is 1.54. The molecule has 0 atom stereocenters. The number of alkyl halides is 3. The Balaban J connectivity index is 2.41. The number of hydrogen-bond donors (Lipinski definition) is 0. The number of aromatic nitrogens is 4. The topological polar surface area (TPSA) is 52.8 Å². The molecule has 1 aromatic carbocycles. The molecule has 0 radical (unpaired) electrons. The Kier molecular flexibility index (Phi) is 3.91. The van der Waals surface area contributed by atoms with Gasteiger partial charge in [-0.2, -0.15) is 17.9 Å². The minimum atomic E-state index is -4.63. The number of benzene rings is 1. The van der Waals surface area contributed by atoms with Crippen molar-refractivity contribution in [3.63, 3.8) is 0 Å². The first-order chi connectivity index (χ1) is 9.39. The van der Waals surface area contributed by atoms with Crippen LogP contribution in [0.3, 0.4) is 0 Å². The van der Waals surface area contributed by atoms with Crippen LogP contribution in [-0.4, -0.2) is 26.8 Å². The molecule has 2 rings (SSSR count). The molecule has 0 aliphatic heterocycles. The van der Waals surface area contributed by atoms with Crippen LogP contribution in [0.25, 0.3) is 5.69 Å². The highest BCUT2D eigenvalue weighted by atomic mass is 19.4. The number of halogens is 3. The molecule has 0 spiro atoms. The summed E-state index contributed by atoms with van der Waals surface area (Å²) in [7, 11) is 0. The van der Waals surface area contributed by atoms with Crippen molar-refractivity contribution in [2.24, 2.45) is 5.92 Å². The van der Waals surface area contributed by atoms with Gasteiger partial charge < -0.3 is 4.74 Å². The minimum Gasteiger partial charge on any atom is -0.491 e. The van der Waals surface area contributed by atoms with E-state index >= 15 is 0 Å². The molecule has 1 heterocycles. The second-order valence-corrected chi connectivity index (χ2v) is 4.58. The second kappa shape index (κ2) is 5.48. The first kappa shape index (κ1) is 14.3. The van der Waals surface area contributed by atoms with Gasteiger partial charge in [-0.25, -0.2) is 0 Å². The lowest BCUT2D eigenvalue weighted by Crippen LogP contribution is -2.16. The summed E-state index contributed by atoms with van der Waals surface area (Å²) >= 11 is 0. The normalized spacial score (nSPS) is 11.9. The average Bonchev–Trinajstić information content (AvgIpc) is 2.85. The number of nitrogens with zero attached hydrogens (tertiary/aromatic N) is 4. The predicted octanol–water partition coefficient (Wildman–Crippen LogP) is 2.72. The molecule has 20 heavy (non-hydrogen) atoms. The van der Waals surface area contributed by atoms with E-state index in [1.165, 1.54) is 6.07 Å². The van der Waals surface area contributed by atoms with Gasteiger partial charge in [-0.15, -0.1) is 5.10 Å². The van der Waals surface area contributed by atoms with E-state index in [0.717, 1.165) is 0 Å². The summed E-state index contributed by atoms with van der Waals surface area (Å²) < 4.78 is 44.6. The maximum absolute atomic E-state index is 12.8. The van der Waals surface area contributed by atoms with Crippen LogP contribution in [0.15, 0.2) is 24.3 Å². The largest absolute Gasteiger partial charge is 0.491 e. The van der Waals surface area contributed by atoms with Crippen molar-refractivity contribution in [2.75, 3.05) is 6.61 Å². The minimum absolute atomic E-state index is 0.158. The lowest BCUT2D eigenvalue weighted by atomic mass is 10.2. The van der Waals surface area contributed by atoms with Crippen molar-refractivity contribution in [3.8, 4) is 11.4 Å². The van der Waals surface area contributed by atoms with Crippen molar-refractivity contribution in [1.29, 1.82) is 0 Å². The molecule has 0 aliphatic rings. The number of para-hydroxylation sites is 2. The lowest BCUT2D eigenvalue weighted by molar-refractivity contribution is -0.146. The van der Waals surface area contributed by atoms with Gasteiger partial charge >= 0.3 is 6.18 Å². The maximum Gasteiger partial charge on any atom is 0.453 e. The van der Waals surface area contributed by atoms with Crippen molar-refractivity contribution in [2.45, 2.75) is 20.0 Å². The highest BCUT2D eigenvalue weighted by Gasteiger charge is 2.38. The van der Waals surface area contributed by atoms with Gasteiger partial charge in [0.05, 0.1) is 6.61 Å². The molecule has 0 amide bonds. The van der Waals surface area contributed by atoms with E-state index in [2.05, 4.69) is 15.5 Å². The smallest absolute Gasteiger partial charge is 0.453 e. The van der Waals surface area contributed by atoms with Crippen LogP contribution in [0.1, 0.15) is 19.7 Å². The van der Waals surface area contributed by atoms with E-state index in [1.54, 1.807) is 18.2 Å². The van der Waals surface area contributed by atoms with Gasteiger partial charge in [0.15, 0.2) is 0 Å². The van der Waals surface area contributed by atoms with Crippen LogP contribution >= 0.6 is 0 Å². The first-order valence-corrected chi connectivity index (χ1v) is 5.97. The number of hydrogen-bond acceptors (Lipinski definition) is 4. The summed E-state index contributed by atoms with van der Waals surface area (Å²) in [6.45, 7) is 4.28. The zero-order valence-corrected chi connectivity index (χ0v) is 10.9. The van der Waals surface area contributed by atoms with E-state index in [9.17, 15) is 13.2 Å². The summed E-state index contributed by atoms with van der Waals surface area (Å²) in [4.78, 5) is 0. The molecule has 108 valence electrons. The highest BCUT2D eigenvalue weighted by Crippen LogP contribution is 2.31. The monoisotopic (exact) mass is 286 g/mol. The molecule has 0 aliphatic carbocycles. The quantitative estimate of drug-likeness (QED) is 0.867. The summed E-state index contributed by atoms with van der Waals surface area (Å²) in [6.07, 6.45) is -4.63. The van der Waals surface area contributed by atoms with Crippen LogP contribution in [0.5, 0.6) is 5.75 Å². The Morgan fingerprint density at radius 2 is 1.95 bits per heavy atom. The molecule has 0 bridgehead atoms. The van der Waals surface area contributed by atoms with E-state index < -0.39 is 12.0 Å². The van der Waals surface area contributed by atoms with E-state index in [1.807, 2.05) is 13.8 Å². The number of rotatable bonds is 4. The first-order valence-electron chi connectivity index (χ1n) is 5.97. The van der Waals surface area contributed by atoms with Crippen LogP contribution in [0.2, 0.25) is 0 Å². The molecule has 5 nitrogen and oxygen atoms in total. The molecule has 0 N–H and O–H groups in total. The summed E-state index contributed by atoms with van der Waals surface area (Å²) in [5, 5.41) is 9.51. The summed E-state index contributed by atoms with van der Waals surface area (Å²) in [6, 6.07) is 6.33. The Bertz CT molecular complexity index is 580. The van der Waals surface area contributed by atoms with E-state index in [-0.39, 0.29) is 11.6 Å². The molecule has 0 unspecified atom stereocenters. The molecule has 2 aromatic rings. The zero-order chi connectivity index (χ0) is 14.8. The van der Waals surface area contributed by atoms with Crippen molar-refractivity contribution in [3.05, 3.63) is 30.1 Å². The Labute approximate surface area is 113 Å². The third-order valence-corrected chi connectivity index (χ3v) is 2.39. The van der Waals surface area contributed by atoms with Crippen LogP contribution in [0, 0.1) is 5.92 Å². The lowest BCUT2D eigenvalue weighted by Gasteiger charge is -2.14. The maximum atomic E-state index is 12.8. The predicted molar refractivity (Wildman–Crippen MR) is 64.5 cm³/mol. The van der Waals surface area contributed by atoms with Crippen molar-refractivity contribution < 1.29 is 17.9 Å². The Hall–Kier alpha value is -2.12. The molecule has 0 fully saturated rings. The van der Waals surface area contributed by atoms with Crippen LogP contribution in [0.4, 0.5) is 13.2 Å².